The van der Waals surface area contributed by atoms with Crippen molar-refractivity contribution in [1.82, 2.24) is 13.7 Å². The lowest BCUT2D eigenvalue weighted by molar-refractivity contribution is 0.677. The first-order valence-corrected chi connectivity index (χ1v) is 21.9. The van der Waals surface area contributed by atoms with Crippen LogP contribution in [-0.4, -0.2) is 13.7 Å². The summed E-state index contributed by atoms with van der Waals surface area (Å²) in [6, 6.07) is 50.8. The molecular weight excluding hydrogens is 763 g/mol. The standard InChI is InChI=1S/C54H37N3OS.C2H6/c1-5-15-44-32(4)36(6-2)43(7-3)56(44)34-22-28-49-41(30-34)42-31-35(23-29-50(42)59-49)57-46-21-14-12-19-40(46)52-48(57)27-25-38-37-24-26-47-51(53(37)58-54(38)52)39-18-11-13-20-45(39)55(47)33-16-9-8-10-17-33;1-2/h5-31H,2-3H2,1,4H3;1-2H3/b15-5-;. The lowest BCUT2D eigenvalue weighted by atomic mass is 10.1. The second-order valence-electron chi connectivity index (χ2n) is 15.3. The van der Waals surface area contributed by atoms with Crippen LogP contribution in [0.1, 0.15) is 43.3 Å². The molecule has 0 atom stereocenters. The smallest absolute Gasteiger partial charge is 0.145 e. The molecule has 7 aromatic carbocycles. The molecule has 5 heteroatoms. The van der Waals surface area contributed by atoms with Crippen molar-refractivity contribution in [3.63, 3.8) is 0 Å². The van der Waals surface area contributed by atoms with Crippen LogP contribution in [0.4, 0.5) is 0 Å². The number of para-hydroxylation sites is 3. The molecule has 0 saturated carbocycles. The predicted molar refractivity (Wildman–Crippen MR) is 266 cm³/mol. The molecule has 0 saturated heterocycles. The molecular formula is C56H43N3OS. The maximum absolute atomic E-state index is 7.18. The van der Waals surface area contributed by atoms with E-state index < -0.39 is 0 Å². The Morgan fingerprint density at radius 1 is 0.492 bits per heavy atom. The topological polar surface area (TPSA) is 27.9 Å². The zero-order chi connectivity index (χ0) is 41.5. The Hall–Kier alpha value is -7.34. The van der Waals surface area contributed by atoms with Crippen molar-refractivity contribution in [2.45, 2.75) is 27.7 Å². The fourth-order valence-corrected chi connectivity index (χ4v) is 10.9. The summed E-state index contributed by atoms with van der Waals surface area (Å²) in [4.78, 5) is 0. The first-order valence-electron chi connectivity index (χ1n) is 21.0. The maximum Gasteiger partial charge on any atom is 0.145 e. The molecule has 0 aliphatic rings. The Morgan fingerprint density at radius 3 is 1.56 bits per heavy atom. The number of nitrogens with zero attached hydrogens (tertiary/aromatic N) is 3. The van der Waals surface area contributed by atoms with Crippen LogP contribution in [0.2, 0.25) is 0 Å². The van der Waals surface area contributed by atoms with Crippen LogP contribution in [-0.2, 0) is 0 Å². The van der Waals surface area contributed by atoms with E-state index >= 15 is 0 Å². The second-order valence-corrected chi connectivity index (χ2v) is 16.4. The maximum atomic E-state index is 7.18. The van der Waals surface area contributed by atoms with Crippen molar-refractivity contribution in [3.05, 3.63) is 181 Å². The van der Waals surface area contributed by atoms with Gasteiger partial charge in [-0.15, -0.1) is 11.3 Å². The molecule has 4 nitrogen and oxygen atoms in total. The fraction of sp³-hybridized carbons (Fsp3) is 0.0714. The van der Waals surface area contributed by atoms with Gasteiger partial charge in [0.2, 0.25) is 0 Å². The van der Waals surface area contributed by atoms with Crippen molar-refractivity contribution < 1.29 is 4.42 Å². The molecule has 12 rings (SSSR count). The number of furan rings is 1. The summed E-state index contributed by atoms with van der Waals surface area (Å²) in [5, 5.41) is 9.33. The van der Waals surface area contributed by atoms with E-state index in [4.69, 9.17) is 4.42 Å². The number of rotatable bonds is 6. The first kappa shape index (κ1) is 36.7. The number of allylic oxidation sites excluding steroid dienone is 1. The summed E-state index contributed by atoms with van der Waals surface area (Å²) >= 11 is 1.84. The van der Waals surface area contributed by atoms with E-state index in [0.717, 1.165) is 88.8 Å². The molecule has 61 heavy (non-hydrogen) atoms. The fourth-order valence-electron chi connectivity index (χ4n) is 9.80. The van der Waals surface area contributed by atoms with E-state index in [9.17, 15) is 0 Å². The van der Waals surface area contributed by atoms with Gasteiger partial charge in [0.25, 0.3) is 0 Å². The van der Waals surface area contributed by atoms with Crippen molar-refractivity contribution >= 4 is 115 Å². The van der Waals surface area contributed by atoms with E-state index in [1.807, 2.05) is 37.3 Å². The Balaban J connectivity index is 0.00000207. The van der Waals surface area contributed by atoms with Gasteiger partial charge in [-0.1, -0.05) is 93.8 Å². The van der Waals surface area contributed by atoms with Gasteiger partial charge in [-0.3, -0.25) is 0 Å². The number of hydrogen-bond donors (Lipinski definition) is 0. The van der Waals surface area contributed by atoms with Gasteiger partial charge >= 0.3 is 0 Å². The Kier molecular flexibility index (Phi) is 8.52. The molecule has 0 spiro atoms. The molecule has 0 fully saturated rings. The van der Waals surface area contributed by atoms with Crippen LogP contribution in [0.3, 0.4) is 0 Å². The average molecular weight is 806 g/mol. The zero-order valence-corrected chi connectivity index (χ0v) is 35.5. The van der Waals surface area contributed by atoms with Crippen molar-refractivity contribution in [1.29, 1.82) is 0 Å². The molecule has 0 N–H and O–H groups in total. The van der Waals surface area contributed by atoms with E-state index in [-0.39, 0.29) is 0 Å². The van der Waals surface area contributed by atoms with Crippen molar-refractivity contribution in [3.8, 4) is 17.1 Å². The molecule has 5 aromatic heterocycles. The van der Waals surface area contributed by atoms with Gasteiger partial charge < -0.3 is 18.1 Å². The number of aromatic nitrogens is 3. The quantitative estimate of drug-likeness (QED) is 0.164. The predicted octanol–water partition coefficient (Wildman–Crippen LogP) is 16.6. The van der Waals surface area contributed by atoms with Gasteiger partial charge in [-0.25, -0.2) is 0 Å². The van der Waals surface area contributed by atoms with Gasteiger partial charge in [0.15, 0.2) is 0 Å². The van der Waals surface area contributed by atoms with Crippen molar-refractivity contribution in [2.24, 2.45) is 0 Å². The molecule has 0 aliphatic carbocycles. The van der Waals surface area contributed by atoms with Gasteiger partial charge in [-0.05, 0) is 116 Å². The largest absolute Gasteiger partial charge is 0.455 e. The molecule has 0 amide bonds. The average Bonchev–Trinajstić information content (AvgIpc) is 4.10. The third-order valence-electron chi connectivity index (χ3n) is 12.3. The normalized spacial score (nSPS) is 12.0. The van der Waals surface area contributed by atoms with Crippen LogP contribution in [0, 0.1) is 6.92 Å². The van der Waals surface area contributed by atoms with Crippen LogP contribution < -0.4 is 0 Å². The van der Waals surface area contributed by atoms with Crippen LogP contribution >= 0.6 is 11.3 Å². The summed E-state index contributed by atoms with van der Waals surface area (Å²) in [6.45, 7) is 16.6. The minimum absolute atomic E-state index is 0.916. The van der Waals surface area contributed by atoms with Gasteiger partial charge in [0, 0.05) is 70.0 Å². The number of benzene rings is 7. The van der Waals surface area contributed by atoms with Crippen molar-refractivity contribution in [2.75, 3.05) is 0 Å². The Morgan fingerprint density at radius 2 is 1.02 bits per heavy atom. The van der Waals surface area contributed by atoms with Gasteiger partial charge in [-0.2, -0.15) is 0 Å². The molecule has 0 radical (unpaired) electrons. The van der Waals surface area contributed by atoms with Crippen LogP contribution in [0.15, 0.2) is 163 Å². The molecule has 294 valence electrons. The van der Waals surface area contributed by atoms with E-state index in [2.05, 4.69) is 192 Å². The molecule has 5 heterocycles. The monoisotopic (exact) mass is 805 g/mol. The van der Waals surface area contributed by atoms with Gasteiger partial charge in [0.1, 0.15) is 11.2 Å². The summed E-state index contributed by atoms with van der Waals surface area (Å²) in [7, 11) is 0. The number of hydrogen-bond acceptors (Lipinski definition) is 2. The van der Waals surface area contributed by atoms with Gasteiger partial charge in [0.05, 0.1) is 38.5 Å². The van der Waals surface area contributed by atoms with E-state index in [0.29, 0.717) is 0 Å². The molecule has 12 aromatic rings. The number of thiophene rings is 1. The molecule has 0 unspecified atom stereocenters. The highest BCUT2D eigenvalue weighted by Gasteiger charge is 2.23. The van der Waals surface area contributed by atoms with E-state index in [1.165, 1.54) is 36.5 Å². The first-order chi connectivity index (χ1) is 30.1. The Labute approximate surface area is 357 Å². The summed E-state index contributed by atoms with van der Waals surface area (Å²) in [5.74, 6) is 0. The van der Waals surface area contributed by atoms with Crippen LogP contribution in [0.5, 0.6) is 0 Å². The number of fused-ring (bicyclic) bond motifs is 14. The molecule has 0 bridgehead atoms. The zero-order valence-electron chi connectivity index (χ0n) is 34.7. The highest BCUT2D eigenvalue weighted by molar-refractivity contribution is 7.25. The van der Waals surface area contributed by atoms with E-state index in [1.54, 1.807) is 0 Å². The lowest BCUT2D eigenvalue weighted by Gasteiger charge is -2.11. The highest BCUT2D eigenvalue weighted by atomic mass is 32.1. The summed E-state index contributed by atoms with van der Waals surface area (Å²) in [6.07, 6.45) is 8.16. The second kappa shape index (κ2) is 14.1. The third-order valence-corrected chi connectivity index (χ3v) is 13.5. The van der Waals surface area contributed by atoms with Crippen LogP contribution in [0.25, 0.3) is 121 Å². The lowest BCUT2D eigenvalue weighted by Crippen LogP contribution is -1.99. The third kappa shape index (κ3) is 5.17. The minimum Gasteiger partial charge on any atom is -0.455 e. The molecule has 0 aliphatic heterocycles. The summed E-state index contributed by atoms with van der Waals surface area (Å²) < 4.78 is 16.8. The minimum atomic E-state index is 0.916. The SMILES string of the molecule is C=Cc1c(C)c(/C=C\C)n(-c2ccc3sc4ccc(-n5c6ccccc6c6c7oc8c(ccc9c8c8ccccc8n9-c8ccccc8)c7ccc65)cc4c3c2)c1C=C.CC. The Bertz CT molecular complexity index is 3790. The highest BCUT2D eigenvalue weighted by Crippen LogP contribution is 2.45. The summed E-state index contributed by atoms with van der Waals surface area (Å²) in [5.41, 5.74) is 14.2.